The Morgan fingerprint density at radius 2 is 1.56 bits per heavy atom. The molecule has 34 heavy (non-hydrogen) atoms. The average Bonchev–Trinajstić information content (AvgIpc) is 3.17. The van der Waals surface area contributed by atoms with Crippen LogP contribution in [0.3, 0.4) is 0 Å². The number of hydrogen-bond donors (Lipinski definition) is 0. The molecule has 0 saturated carbocycles. The SMILES string of the molecule is CCCCOc1ccc2c(c1)-c1ccccc1C2=CCOc1ccc(CCC(=O)OCC)cc1. The molecule has 4 heteroatoms. The minimum Gasteiger partial charge on any atom is -0.494 e. The Kier molecular flexibility index (Phi) is 8.03. The molecule has 0 aromatic heterocycles. The molecule has 0 radical (unpaired) electrons. The molecule has 3 aromatic carbocycles. The first kappa shape index (κ1) is 23.6. The molecule has 4 nitrogen and oxygen atoms in total. The zero-order valence-corrected chi connectivity index (χ0v) is 20.0. The fraction of sp³-hybridized carbons (Fsp3) is 0.300. The van der Waals surface area contributed by atoms with Crippen molar-refractivity contribution in [2.24, 2.45) is 0 Å². The van der Waals surface area contributed by atoms with E-state index in [4.69, 9.17) is 14.2 Å². The van der Waals surface area contributed by atoms with Crippen molar-refractivity contribution < 1.29 is 19.0 Å². The van der Waals surface area contributed by atoms with Crippen LogP contribution < -0.4 is 9.47 Å². The summed E-state index contributed by atoms with van der Waals surface area (Å²) >= 11 is 0. The number of esters is 1. The second kappa shape index (κ2) is 11.6. The summed E-state index contributed by atoms with van der Waals surface area (Å²) in [5.74, 6) is 1.57. The van der Waals surface area contributed by atoms with E-state index in [-0.39, 0.29) is 5.97 Å². The maximum absolute atomic E-state index is 11.5. The highest BCUT2D eigenvalue weighted by atomic mass is 16.5. The third-order valence-corrected chi connectivity index (χ3v) is 5.94. The minimum atomic E-state index is -0.161. The Morgan fingerprint density at radius 3 is 2.32 bits per heavy atom. The van der Waals surface area contributed by atoms with Crippen LogP contribution in [0.2, 0.25) is 0 Å². The molecule has 0 amide bonds. The first-order chi connectivity index (χ1) is 16.7. The second-order valence-electron chi connectivity index (χ2n) is 8.33. The molecular formula is C30H32O4. The van der Waals surface area contributed by atoms with Gasteiger partial charge in [0.05, 0.1) is 13.2 Å². The summed E-state index contributed by atoms with van der Waals surface area (Å²) in [5.41, 5.74) is 7.16. The largest absolute Gasteiger partial charge is 0.494 e. The van der Waals surface area contributed by atoms with Gasteiger partial charge < -0.3 is 14.2 Å². The number of ether oxygens (including phenoxy) is 3. The van der Waals surface area contributed by atoms with Crippen molar-refractivity contribution in [1.82, 2.24) is 0 Å². The van der Waals surface area contributed by atoms with E-state index in [0.717, 1.165) is 36.5 Å². The number of rotatable bonds is 11. The summed E-state index contributed by atoms with van der Waals surface area (Å²) in [5, 5.41) is 0. The van der Waals surface area contributed by atoms with Gasteiger partial charge in [-0.25, -0.2) is 0 Å². The number of carbonyl (C=O) groups is 1. The van der Waals surface area contributed by atoms with Crippen molar-refractivity contribution >= 4 is 11.5 Å². The van der Waals surface area contributed by atoms with E-state index in [1.54, 1.807) is 0 Å². The Balaban J connectivity index is 1.43. The van der Waals surface area contributed by atoms with Crippen LogP contribution in [-0.4, -0.2) is 25.8 Å². The second-order valence-corrected chi connectivity index (χ2v) is 8.33. The molecule has 176 valence electrons. The average molecular weight is 457 g/mol. The zero-order valence-electron chi connectivity index (χ0n) is 20.0. The van der Waals surface area contributed by atoms with Gasteiger partial charge in [-0.05, 0) is 83.5 Å². The zero-order chi connectivity index (χ0) is 23.8. The number of hydrogen-bond acceptors (Lipinski definition) is 4. The highest BCUT2D eigenvalue weighted by Gasteiger charge is 2.23. The van der Waals surface area contributed by atoms with Crippen LogP contribution in [0.25, 0.3) is 16.7 Å². The predicted molar refractivity (Wildman–Crippen MR) is 136 cm³/mol. The van der Waals surface area contributed by atoms with E-state index in [1.807, 2.05) is 31.2 Å². The number of carbonyl (C=O) groups excluding carboxylic acids is 1. The number of aryl methyl sites for hydroxylation is 1. The summed E-state index contributed by atoms with van der Waals surface area (Å²) in [6.07, 6.45) is 5.39. The maximum atomic E-state index is 11.5. The van der Waals surface area contributed by atoms with E-state index in [0.29, 0.717) is 26.1 Å². The van der Waals surface area contributed by atoms with Crippen LogP contribution in [-0.2, 0) is 16.0 Å². The van der Waals surface area contributed by atoms with Gasteiger partial charge in [-0.15, -0.1) is 0 Å². The van der Waals surface area contributed by atoms with E-state index in [1.165, 1.54) is 27.8 Å². The van der Waals surface area contributed by atoms with E-state index < -0.39 is 0 Å². The Hall–Kier alpha value is -3.53. The van der Waals surface area contributed by atoms with Gasteiger partial charge in [0.25, 0.3) is 0 Å². The van der Waals surface area contributed by atoms with Gasteiger partial charge in [-0.2, -0.15) is 0 Å². The number of fused-ring (bicyclic) bond motifs is 3. The Morgan fingerprint density at radius 1 is 0.824 bits per heavy atom. The van der Waals surface area contributed by atoms with Gasteiger partial charge in [-0.1, -0.05) is 55.8 Å². The number of unbranched alkanes of at least 4 members (excludes halogenated alkanes) is 1. The lowest BCUT2D eigenvalue weighted by Gasteiger charge is -2.09. The van der Waals surface area contributed by atoms with Crippen molar-refractivity contribution in [1.29, 1.82) is 0 Å². The molecular weight excluding hydrogens is 424 g/mol. The Labute approximate surface area is 202 Å². The first-order valence-electron chi connectivity index (χ1n) is 12.1. The van der Waals surface area contributed by atoms with E-state index in [9.17, 15) is 4.79 Å². The van der Waals surface area contributed by atoms with E-state index >= 15 is 0 Å². The molecule has 0 spiro atoms. The topological polar surface area (TPSA) is 44.8 Å². The highest BCUT2D eigenvalue weighted by Crippen LogP contribution is 2.45. The van der Waals surface area contributed by atoms with Crippen LogP contribution >= 0.6 is 0 Å². The molecule has 3 aromatic rings. The van der Waals surface area contributed by atoms with Crippen LogP contribution in [0.4, 0.5) is 0 Å². The number of benzene rings is 3. The van der Waals surface area contributed by atoms with Gasteiger partial charge in [0.1, 0.15) is 18.1 Å². The molecule has 0 atom stereocenters. The third kappa shape index (κ3) is 5.69. The monoisotopic (exact) mass is 456 g/mol. The van der Waals surface area contributed by atoms with Crippen LogP contribution in [0, 0.1) is 0 Å². The summed E-state index contributed by atoms with van der Waals surface area (Å²) < 4.78 is 16.9. The maximum Gasteiger partial charge on any atom is 0.306 e. The van der Waals surface area contributed by atoms with Crippen molar-refractivity contribution in [2.45, 2.75) is 39.5 Å². The summed E-state index contributed by atoms with van der Waals surface area (Å²) in [4.78, 5) is 11.5. The lowest BCUT2D eigenvalue weighted by Crippen LogP contribution is -2.05. The molecule has 0 aliphatic heterocycles. The molecule has 1 aliphatic rings. The fourth-order valence-electron chi connectivity index (χ4n) is 4.18. The van der Waals surface area contributed by atoms with Crippen LogP contribution in [0.15, 0.2) is 72.8 Å². The minimum absolute atomic E-state index is 0.161. The summed E-state index contributed by atoms with van der Waals surface area (Å²) in [7, 11) is 0. The molecule has 0 bridgehead atoms. The lowest BCUT2D eigenvalue weighted by atomic mass is 10.0. The fourth-order valence-corrected chi connectivity index (χ4v) is 4.18. The Bertz CT molecular complexity index is 1140. The predicted octanol–water partition coefficient (Wildman–Crippen LogP) is 6.85. The van der Waals surface area contributed by atoms with Crippen molar-refractivity contribution in [3.63, 3.8) is 0 Å². The van der Waals surface area contributed by atoms with Crippen LogP contribution in [0.5, 0.6) is 11.5 Å². The third-order valence-electron chi connectivity index (χ3n) is 5.94. The molecule has 0 unspecified atom stereocenters. The van der Waals surface area contributed by atoms with Crippen molar-refractivity contribution in [3.05, 3.63) is 89.5 Å². The molecule has 4 rings (SSSR count). The lowest BCUT2D eigenvalue weighted by molar-refractivity contribution is -0.143. The summed E-state index contributed by atoms with van der Waals surface area (Å²) in [6.45, 7) is 5.63. The first-order valence-corrected chi connectivity index (χ1v) is 12.1. The van der Waals surface area contributed by atoms with Gasteiger partial charge in [0.15, 0.2) is 0 Å². The molecule has 0 N–H and O–H groups in total. The standard InChI is InChI=1S/C30H32O4/c1-3-5-19-33-24-15-16-27-28(25-8-6-7-9-26(25)29(27)21-24)18-20-34-23-13-10-22(11-14-23)12-17-30(31)32-4-2/h6-11,13-16,18,21H,3-5,12,17,19-20H2,1-2H3. The summed E-state index contributed by atoms with van der Waals surface area (Å²) in [6, 6.07) is 22.8. The van der Waals surface area contributed by atoms with Crippen molar-refractivity contribution in [2.75, 3.05) is 19.8 Å². The smallest absolute Gasteiger partial charge is 0.306 e. The molecule has 0 heterocycles. The quantitative estimate of drug-likeness (QED) is 0.183. The van der Waals surface area contributed by atoms with Gasteiger partial charge in [-0.3, -0.25) is 4.79 Å². The molecule has 1 aliphatic carbocycles. The van der Waals surface area contributed by atoms with Gasteiger partial charge in [0, 0.05) is 6.42 Å². The molecule has 0 fully saturated rings. The van der Waals surface area contributed by atoms with Crippen molar-refractivity contribution in [3.8, 4) is 22.6 Å². The van der Waals surface area contributed by atoms with Gasteiger partial charge in [0.2, 0.25) is 0 Å². The molecule has 0 saturated heterocycles. The van der Waals surface area contributed by atoms with Crippen LogP contribution in [0.1, 0.15) is 49.8 Å². The normalized spacial score (nSPS) is 12.8. The van der Waals surface area contributed by atoms with Gasteiger partial charge >= 0.3 is 5.97 Å². The van der Waals surface area contributed by atoms with E-state index in [2.05, 4.69) is 55.5 Å². The highest BCUT2D eigenvalue weighted by molar-refractivity contribution is 6.01.